The molecular formula is C23H22BrFN4O2. The second-order valence-corrected chi connectivity index (χ2v) is 8.53. The minimum absolute atomic E-state index is 0.193. The molecule has 0 spiro atoms. The number of halogens is 2. The summed E-state index contributed by atoms with van der Waals surface area (Å²) in [6.45, 7) is 4.26. The number of amides is 2. The molecule has 0 saturated carbocycles. The first-order valence-corrected chi connectivity index (χ1v) is 10.8. The molecule has 1 saturated heterocycles. The Bertz CT molecular complexity index is 1130. The average Bonchev–Trinajstić information content (AvgIpc) is 3.31. The summed E-state index contributed by atoms with van der Waals surface area (Å²) in [7, 11) is 0. The zero-order valence-electron chi connectivity index (χ0n) is 17.2. The smallest absolute Gasteiger partial charge is 0.239 e. The lowest BCUT2D eigenvalue weighted by Crippen LogP contribution is -2.38. The second kappa shape index (κ2) is 8.63. The van der Waals surface area contributed by atoms with Gasteiger partial charge in [0.1, 0.15) is 11.7 Å². The minimum Gasteiger partial charge on any atom is -0.349 e. The molecule has 3 aromatic rings. The highest BCUT2D eigenvalue weighted by Crippen LogP contribution is 2.28. The molecule has 1 aliphatic heterocycles. The van der Waals surface area contributed by atoms with Crippen LogP contribution in [0.25, 0.3) is 5.69 Å². The molecule has 0 bridgehead atoms. The number of rotatable bonds is 5. The van der Waals surface area contributed by atoms with E-state index in [4.69, 9.17) is 0 Å². The van der Waals surface area contributed by atoms with Gasteiger partial charge in [0.2, 0.25) is 11.8 Å². The van der Waals surface area contributed by atoms with Crippen molar-refractivity contribution in [1.82, 2.24) is 15.1 Å². The Hall–Kier alpha value is -3.00. The predicted octanol–water partition coefficient (Wildman–Crippen LogP) is 4.31. The van der Waals surface area contributed by atoms with Crippen molar-refractivity contribution in [2.24, 2.45) is 5.92 Å². The number of carbonyl (C=O) groups excluding carboxylic acids is 2. The molecule has 0 aliphatic carbocycles. The van der Waals surface area contributed by atoms with E-state index >= 15 is 0 Å². The van der Waals surface area contributed by atoms with Crippen LogP contribution in [0.2, 0.25) is 0 Å². The first kappa shape index (κ1) is 21.2. The van der Waals surface area contributed by atoms with Gasteiger partial charge < -0.3 is 10.2 Å². The number of carbonyl (C=O) groups is 2. The maximum atomic E-state index is 13.2. The van der Waals surface area contributed by atoms with Gasteiger partial charge in [0.15, 0.2) is 0 Å². The van der Waals surface area contributed by atoms with E-state index in [9.17, 15) is 14.0 Å². The number of benzene rings is 2. The molecule has 2 amide bonds. The van der Waals surface area contributed by atoms with Crippen LogP contribution in [0.5, 0.6) is 0 Å². The molecule has 8 heteroatoms. The van der Waals surface area contributed by atoms with Crippen molar-refractivity contribution in [3.05, 3.63) is 76.3 Å². The van der Waals surface area contributed by atoms with E-state index in [1.165, 1.54) is 12.1 Å². The fraction of sp³-hybridized carbons (Fsp3) is 0.261. The Morgan fingerprint density at radius 3 is 2.68 bits per heavy atom. The molecule has 2 atom stereocenters. The van der Waals surface area contributed by atoms with Gasteiger partial charge in [0, 0.05) is 28.0 Å². The zero-order chi connectivity index (χ0) is 22.1. The van der Waals surface area contributed by atoms with E-state index in [-0.39, 0.29) is 23.7 Å². The first-order valence-electron chi connectivity index (χ1n) is 10.0. The number of aromatic nitrogens is 2. The molecule has 0 radical (unpaired) electrons. The Labute approximate surface area is 188 Å². The molecule has 2 aromatic carbocycles. The SMILES string of the molecule is Cc1c(C(C)NC(=O)C2CCN(c3cccc(Br)c3)C2=O)cnn1-c1ccc(F)cc1. The van der Waals surface area contributed by atoms with Crippen molar-refractivity contribution in [3.8, 4) is 5.69 Å². The van der Waals surface area contributed by atoms with E-state index in [0.717, 1.165) is 27.1 Å². The van der Waals surface area contributed by atoms with Crippen LogP contribution >= 0.6 is 15.9 Å². The topological polar surface area (TPSA) is 67.2 Å². The Morgan fingerprint density at radius 2 is 1.97 bits per heavy atom. The van der Waals surface area contributed by atoms with Crippen molar-refractivity contribution in [3.63, 3.8) is 0 Å². The fourth-order valence-corrected chi connectivity index (χ4v) is 4.29. The minimum atomic E-state index is -0.714. The van der Waals surface area contributed by atoms with E-state index in [1.54, 1.807) is 27.9 Å². The molecule has 1 aliphatic rings. The quantitative estimate of drug-likeness (QED) is 0.548. The zero-order valence-corrected chi connectivity index (χ0v) is 18.8. The highest BCUT2D eigenvalue weighted by atomic mass is 79.9. The first-order chi connectivity index (χ1) is 14.8. The van der Waals surface area contributed by atoms with Crippen LogP contribution in [0.1, 0.15) is 30.6 Å². The summed E-state index contributed by atoms with van der Waals surface area (Å²) >= 11 is 3.42. The number of nitrogens with one attached hydrogen (secondary N) is 1. The summed E-state index contributed by atoms with van der Waals surface area (Å²) in [4.78, 5) is 27.4. The summed E-state index contributed by atoms with van der Waals surface area (Å²) in [6, 6.07) is 13.2. The third-order valence-electron chi connectivity index (χ3n) is 5.59. The summed E-state index contributed by atoms with van der Waals surface area (Å²) < 4.78 is 15.8. The van der Waals surface area contributed by atoms with E-state index in [2.05, 4.69) is 26.3 Å². The predicted molar refractivity (Wildman–Crippen MR) is 119 cm³/mol. The van der Waals surface area contributed by atoms with Crippen molar-refractivity contribution in [1.29, 1.82) is 0 Å². The highest BCUT2D eigenvalue weighted by Gasteiger charge is 2.38. The standard InChI is InChI=1S/C23H22BrFN4O2/c1-14(21-13-26-29(15(21)2)18-8-6-17(25)7-9-18)27-22(30)20-10-11-28(23(20)31)19-5-3-4-16(24)12-19/h3-9,12-14,20H,10-11H2,1-2H3,(H,27,30). The Balaban J connectivity index is 1.46. The summed E-state index contributed by atoms with van der Waals surface area (Å²) in [5.74, 6) is -1.51. The van der Waals surface area contributed by atoms with Crippen LogP contribution in [0.4, 0.5) is 10.1 Å². The molecular weight excluding hydrogens is 463 g/mol. The summed E-state index contributed by atoms with van der Waals surface area (Å²) in [5, 5.41) is 7.34. The number of anilines is 1. The molecule has 2 unspecified atom stereocenters. The fourth-order valence-electron chi connectivity index (χ4n) is 3.91. The van der Waals surface area contributed by atoms with Crippen molar-refractivity contribution in [2.75, 3.05) is 11.4 Å². The third kappa shape index (κ3) is 4.25. The van der Waals surface area contributed by atoms with Crippen molar-refractivity contribution >= 4 is 33.4 Å². The molecule has 160 valence electrons. The number of nitrogens with zero attached hydrogens (tertiary/aromatic N) is 3. The Kier molecular flexibility index (Phi) is 5.91. The monoisotopic (exact) mass is 484 g/mol. The number of hydrogen-bond donors (Lipinski definition) is 1. The molecule has 2 heterocycles. The van der Waals surface area contributed by atoms with Gasteiger partial charge >= 0.3 is 0 Å². The van der Waals surface area contributed by atoms with Gasteiger partial charge in [0.25, 0.3) is 0 Å². The van der Waals surface area contributed by atoms with E-state index < -0.39 is 5.92 Å². The molecule has 1 aromatic heterocycles. The van der Waals surface area contributed by atoms with Crippen LogP contribution in [-0.4, -0.2) is 28.1 Å². The molecule has 4 rings (SSSR count). The summed E-state index contributed by atoms with van der Waals surface area (Å²) in [6.07, 6.45) is 2.16. The van der Waals surface area contributed by atoms with Gasteiger partial charge in [-0.1, -0.05) is 22.0 Å². The summed E-state index contributed by atoms with van der Waals surface area (Å²) in [5.41, 5.74) is 3.19. The third-order valence-corrected chi connectivity index (χ3v) is 6.08. The lowest BCUT2D eigenvalue weighted by atomic mass is 10.1. The van der Waals surface area contributed by atoms with Crippen LogP contribution < -0.4 is 10.2 Å². The van der Waals surface area contributed by atoms with Gasteiger partial charge in [-0.05, 0) is 62.7 Å². The normalized spacial score (nSPS) is 17.1. The van der Waals surface area contributed by atoms with Gasteiger partial charge in [-0.2, -0.15) is 5.10 Å². The average molecular weight is 485 g/mol. The maximum absolute atomic E-state index is 13.2. The van der Waals surface area contributed by atoms with Gasteiger partial charge in [0.05, 0.1) is 17.9 Å². The molecule has 31 heavy (non-hydrogen) atoms. The van der Waals surface area contributed by atoms with Crippen LogP contribution in [0.15, 0.2) is 59.2 Å². The van der Waals surface area contributed by atoms with Crippen molar-refractivity contribution in [2.45, 2.75) is 26.3 Å². The molecule has 6 nitrogen and oxygen atoms in total. The van der Waals surface area contributed by atoms with Gasteiger partial charge in [-0.15, -0.1) is 0 Å². The van der Waals surface area contributed by atoms with Crippen LogP contribution in [0.3, 0.4) is 0 Å². The van der Waals surface area contributed by atoms with Gasteiger partial charge in [-0.25, -0.2) is 9.07 Å². The maximum Gasteiger partial charge on any atom is 0.239 e. The molecule has 1 N–H and O–H groups in total. The largest absolute Gasteiger partial charge is 0.349 e. The van der Waals surface area contributed by atoms with Crippen LogP contribution in [0, 0.1) is 18.7 Å². The molecule has 1 fully saturated rings. The van der Waals surface area contributed by atoms with E-state index in [1.807, 2.05) is 38.1 Å². The lowest BCUT2D eigenvalue weighted by Gasteiger charge is -2.19. The second-order valence-electron chi connectivity index (χ2n) is 7.61. The van der Waals surface area contributed by atoms with Gasteiger partial charge in [-0.3, -0.25) is 9.59 Å². The Morgan fingerprint density at radius 1 is 1.23 bits per heavy atom. The van der Waals surface area contributed by atoms with Crippen molar-refractivity contribution < 1.29 is 14.0 Å². The van der Waals surface area contributed by atoms with E-state index in [0.29, 0.717) is 13.0 Å². The number of hydrogen-bond acceptors (Lipinski definition) is 3. The van der Waals surface area contributed by atoms with Crippen LogP contribution in [-0.2, 0) is 9.59 Å². The highest BCUT2D eigenvalue weighted by molar-refractivity contribution is 9.10. The lowest BCUT2D eigenvalue weighted by molar-refractivity contribution is -0.132.